The van der Waals surface area contributed by atoms with Crippen LogP contribution in [0.15, 0.2) is 47.8 Å². The standard InChI is InChI=1S/C20H25NOS/c22-19(12-6-10-17-8-2-1-3-9-17)21-16-20(13-4-5-14-20)18-11-7-15-23-18/h1-3,7-9,11,15H,4-6,10,12-14,16H2,(H,21,22). The topological polar surface area (TPSA) is 29.1 Å². The minimum Gasteiger partial charge on any atom is -0.355 e. The summed E-state index contributed by atoms with van der Waals surface area (Å²) in [7, 11) is 0. The zero-order valence-electron chi connectivity index (χ0n) is 13.6. The highest BCUT2D eigenvalue weighted by molar-refractivity contribution is 7.10. The third-order valence-corrected chi connectivity index (χ3v) is 6.06. The molecule has 1 aromatic carbocycles. The van der Waals surface area contributed by atoms with E-state index in [-0.39, 0.29) is 11.3 Å². The summed E-state index contributed by atoms with van der Waals surface area (Å²) in [6.07, 6.45) is 7.49. The van der Waals surface area contributed by atoms with Crippen molar-refractivity contribution < 1.29 is 4.79 Å². The second-order valence-corrected chi connectivity index (χ2v) is 7.53. The Balaban J connectivity index is 1.46. The van der Waals surface area contributed by atoms with Crippen LogP contribution in [0.4, 0.5) is 0 Å². The van der Waals surface area contributed by atoms with Crippen molar-refractivity contribution in [1.29, 1.82) is 0 Å². The van der Waals surface area contributed by atoms with Crippen LogP contribution in [0.5, 0.6) is 0 Å². The van der Waals surface area contributed by atoms with E-state index in [0.29, 0.717) is 6.42 Å². The molecule has 1 saturated carbocycles. The number of thiophene rings is 1. The van der Waals surface area contributed by atoms with E-state index in [0.717, 1.165) is 19.4 Å². The normalized spacial score (nSPS) is 16.3. The van der Waals surface area contributed by atoms with Crippen LogP contribution in [-0.2, 0) is 16.6 Å². The fourth-order valence-corrected chi connectivity index (χ4v) is 4.58. The van der Waals surface area contributed by atoms with Crippen LogP contribution in [0.1, 0.15) is 49.0 Å². The van der Waals surface area contributed by atoms with Crippen molar-refractivity contribution in [3.8, 4) is 0 Å². The van der Waals surface area contributed by atoms with Crippen molar-refractivity contribution in [2.24, 2.45) is 0 Å². The monoisotopic (exact) mass is 327 g/mol. The molecule has 122 valence electrons. The van der Waals surface area contributed by atoms with Crippen LogP contribution < -0.4 is 5.32 Å². The number of hydrogen-bond acceptors (Lipinski definition) is 2. The maximum atomic E-state index is 12.2. The maximum absolute atomic E-state index is 12.2. The molecule has 0 saturated heterocycles. The molecule has 2 aromatic rings. The lowest BCUT2D eigenvalue weighted by Gasteiger charge is -2.28. The van der Waals surface area contributed by atoms with Gasteiger partial charge < -0.3 is 5.32 Å². The summed E-state index contributed by atoms with van der Waals surface area (Å²) in [6, 6.07) is 14.8. The van der Waals surface area contributed by atoms with Gasteiger partial charge in [0.2, 0.25) is 5.91 Å². The highest BCUT2D eigenvalue weighted by atomic mass is 32.1. The smallest absolute Gasteiger partial charge is 0.220 e. The van der Waals surface area contributed by atoms with Crippen LogP contribution in [0.25, 0.3) is 0 Å². The summed E-state index contributed by atoms with van der Waals surface area (Å²) in [5.74, 6) is 0.198. The Morgan fingerprint density at radius 3 is 2.57 bits per heavy atom. The molecular weight excluding hydrogens is 302 g/mol. The summed E-state index contributed by atoms with van der Waals surface area (Å²) >= 11 is 1.83. The zero-order chi connectivity index (χ0) is 16.0. The second kappa shape index (κ2) is 7.78. The molecule has 1 N–H and O–H groups in total. The van der Waals surface area contributed by atoms with Crippen molar-refractivity contribution in [2.45, 2.75) is 50.4 Å². The lowest BCUT2D eigenvalue weighted by molar-refractivity contribution is -0.121. The Morgan fingerprint density at radius 1 is 1.09 bits per heavy atom. The van der Waals surface area contributed by atoms with Gasteiger partial charge in [0.15, 0.2) is 0 Å². The van der Waals surface area contributed by atoms with Gasteiger partial charge in [-0.25, -0.2) is 0 Å². The first kappa shape index (κ1) is 16.3. The van der Waals surface area contributed by atoms with Gasteiger partial charge in [-0.1, -0.05) is 49.2 Å². The van der Waals surface area contributed by atoms with E-state index in [1.807, 2.05) is 17.4 Å². The molecule has 3 rings (SSSR count). The predicted molar refractivity (Wildman–Crippen MR) is 96.9 cm³/mol. The largest absolute Gasteiger partial charge is 0.355 e. The number of amides is 1. The van der Waals surface area contributed by atoms with Gasteiger partial charge in [0, 0.05) is 23.3 Å². The summed E-state index contributed by atoms with van der Waals surface area (Å²) < 4.78 is 0. The van der Waals surface area contributed by atoms with Gasteiger partial charge in [0.25, 0.3) is 0 Å². The molecule has 1 amide bonds. The third-order valence-electron chi connectivity index (χ3n) is 4.94. The third kappa shape index (κ3) is 4.23. The molecule has 1 aliphatic carbocycles. The first-order valence-electron chi connectivity index (χ1n) is 8.63. The van der Waals surface area contributed by atoms with Gasteiger partial charge in [-0.3, -0.25) is 4.79 Å². The molecule has 0 atom stereocenters. The van der Waals surface area contributed by atoms with E-state index in [1.165, 1.54) is 36.1 Å². The number of hydrogen-bond donors (Lipinski definition) is 1. The van der Waals surface area contributed by atoms with Crippen molar-refractivity contribution >= 4 is 17.2 Å². The van der Waals surface area contributed by atoms with E-state index >= 15 is 0 Å². The molecular formula is C20H25NOS. The Morgan fingerprint density at radius 2 is 1.87 bits per heavy atom. The molecule has 0 bridgehead atoms. The fraction of sp³-hybridized carbons (Fsp3) is 0.450. The first-order valence-corrected chi connectivity index (χ1v) is 9.51. The molecule has 2 nitrogen and oxygen atoms in total. The van der Waals surface area contributed by atoms with E-state index in [1.54, 1.807) is 0 Å². The fourth-order valence-electron chi connectivity index (χ4n) is 3.60. The zero-order valence-corrected chi connectivity index (χ0v) is 14.4. The summed E-state index contributed by atoms with van der Waals surface area (Å²) in [6.45, 7) is 0.803. The molecule has 3 heteroatoms. The summed E-state index contributed by atoms with van der Waals surface area (Å²) in [4.78, 5) is 13.6. The average Bonchev–Trinajstić information content (AvgIpc) is 3.26. The lowest BCUT2D eigenvalue weighted by atomic mass is 9.84. The number of benzene rings is 1. The van der Waals surface area contributed by atoms with Crippen molar-refractivity contribution in [1.82, 2.24) is 5.32 Å². The Bertz CT molecular complexity index is 600. The van der Waals surface area contributed by atoms with Crippen LogP contribution >= 0.6 is 11.3 Å². The average molecular weight is 327 g/mol. The van der Waals surface area contributed by atoms with Gasteiger partial charge in [-0.15, -0.1) is 11.3 Å². The molecule has 1 aromatic heterocycles. The molecule has 23 heavy (non-hydrogen) atoms. The van der Waals surface area contributed by atoms with Crippen molar-refractivity contribution in [3.63, 3.8) is 0 Å². The molecule has 1 aliphatic rings. The van der Waals surface area contributed by atoms with Gasteiger partial charge in [-0.2, -0.15) is 0 Å². The van der Waals surface area contributed by atoms with Gasteiger partial charge >= 0.3 is 0 Å². The van der Waals surface area contributed by atoms with E-state index in [2.05, 4.69) is 47.1 Å². The number of aryl methyl sites for hydroxylation is 1. The van der Waals surface area contributed by atoms with Crippen LogP contribution in [0.2, 0.25) is 0 Å². The number of nitrogens with one attached hydrogen (secondary N) is 1. The van der Waals surface area contributed by atoms with Gasteiger partial charge in [-0.05, 0) is 42.7 Å². The number of carbonyl (C=O) groups is 1. The molecule has 0 radical (unpaired) electrons. The van der Waals surface area contributed by atoms with E-state index in [4.69, 9.17) is 0 Å². The van der Waals surface area contributed by atoms with E-state index < -0.39 is 0 Å². The highest BCUT2D eigenvalue weighted by Gasteiger charge is 2.36. The minimum atomic E-state index is 0.198. The van der Waals surface area contributed by atoms with Crippen LogP contribution in [0, 0.1) is 0 Å². The predicted octanol–water partition coefficient (Wildman–Crippen LogP) is 4.70. The van der Waals surface area contributed by atoms with Crippen molar-refractivity contribution in [2.75, 3.05) is 6.54 Å². The van der Waals surface area contributed by atoms with Crippen molar-refractivity contribution in [3.05, 3.63) is 58.3 Å². The van der Waals surface area contributed by atoms with E-state index in [9.17, 15) is 4.79 Å². The first-order chi connectivity index (χ1) is 11.3. The highest BCUT2D eigenvalue weighted by Crippen LogP contribution is 2.42. The minimum absolute atomic E-state index is 0.198. The summed E-state index contributed by atoms with van der Waals surface area (Å²) in [5, 5.41) is 5.36. The molecule has 1 heterocycles. The maximum Gasteiger partial charge on any atom is 0.220 e. The SMILES string of the molecule is O=C(CCCc1ccccc1)NCC1(c2cccs2)CCCC1. The second-order valence-electron chi connectivity index (χ2n) is 6.58. The Hall–Kier alpha value is -1.61. The molecule has 0 aliphatic heterocycles. The van der Waals surface area contributed by atoms with Crippen LogP contribution in [-0.4, -0.2) is 12.5 Å². The molecule has 0 spiro atoms. The lowest BCUT2D eigenvalue weighted by Crippen LogP contribution is -2.38. The summed E-state index contributed by atoms with van der Waals surface area (Å²) in [5.41, 5.74) is 1.51. The Labute approximate surface area is 142 Å². The van der Waals surface area contributed by atoms with Crippen LogP contribution in [0.3, 0.4) is 0 Å². The van der Waals surface area contributed by atoms with Gasteiger partial charge in [0.1, 0.15) is 0 Å². The van der Waals surface area contributed by atoms with Gasteiger partial charge in [0.05, 0.1) is 0 Å². The molecule has 1 fully saturated rings. The molecule has 0 unspecified atom stereocenters. The Kier molecular flexibility index (Phi) is 5.50. The quantitative estimate of drug-likeness (QED) is 0.785. The number of rotatable bonds is 7. The number of carbonyl (C=O) groups excluding carboxylic acids is 1.